The molecule has 3 N–H and O–H groups in total. The Balaban J connectivity index is 2.40. The van der Waals surface area contributed by atoms with Gasteiger partial charge in [-0.15, -0.1) is 0 Å². The quantitative estimate of drug-likeness (QED) is 0.355. The lowest BCUT2D eigenvalue weighted by Crippen LogP contribution is -2.19. The van der Waals surface area contributed by atoms with Crippen molar-refractivity contribution < 1.29 is 20.1 Å². The smallest absolute Gasteiger partial charge is 0.142 e. The summed E-state index contributed by atoms with van der Waals surface area (Å²) in [5.41, 5.74) is 0. The molecule has 1 rings (SSSR count). The average molecular weight is 341 g/mol. The predicted octanol–water partition coefficient (Wildman–Crippen LogP) is 3.38. The van der Waals surface area contributed by atoms with E-state index in [0.717, 1.165) is 64.2 Å². The van der Waals surface area contributed by atoms with Gasteiger partial charge in [-0.2, -0.15) is 0 Å². The predicted molar refractivity (Wildman–Crippen MR) is 96.7 cm³/mol. The lowest BCUT2D eigenvalue weighted by atomic mass is 9.88. The van der Waals surface area contributed by atoms with Crippen molar-refractivity contribution >= 4 is 5.78 Å². The standard InChI is InChI=1S/C20H36O4/c1-2-3-7-10-16(22)12-13-18-17(19(23)15-20(18)24)11-8-5-4-6-9-14-21/h12-13,16-19,21-23H,2-11,14-15H2,1H3/b13-12+/t16?,17?,18-,19?/m1/s1. The molecule has 1 fully saturated rings. The molecule has 0 heterocycles. The van der Waals surface area contributed by atoms with E-state index in [-0.39, 0.29) is 30.6 Å². The molecule has 0 aromatic heterocycles. The second-order valence-corrected chi connectivity index (χ2v) is 7.16. The first kappa shape index (κ1) is 21.3. The zero-order chi connectivity index (χ0) is 17.8. The Morgan fingerprint density at radius 3 is 2.54 bits per heavy atom. The van der Waals surface area contributed by atoms with Gasteiger partial charge in [-0.25, -0.2) is 0 Å². The van der Waals surface area contributed by atoms with Gasteiger partial charge in [0.1, 0.15) is 5.78 Å². The number of aliphatic hydroxyl groups is 3. The van der Waals surface area contributed by atoms with Gasteiger partial charge in [0.2, 0.25) is 0 Å². The zero-order valence-corrected chi connectivity index (χ0v) is 15.2. The van der Waals surface area contributed by atoms with Crippen LogP contribution in [0.4, 0.5) is 0 Å². The number of Topliss-reactive ketones (excluding diaryl/α,β-unsaturated/α-hetero) is 1. The highest BCUT2D eigenvalue weighted by Crippen LogP contribution is 2.34. The van der Waals surface area contributed by atoms with Crippen molar-refractivity contribution in [1.29, 1.82) is 0 Å². The molecule has 4 nitrogen and oxygen atoms in total. The lowest BCUT2D eigenvalue weighted by Gasteiger charge is -2.18. The number of hydrogen-bond donors (Lipinski definition) is 3. The van der Waals surface area contributed by atoms with Crippen molar-refractivity contribution in [3.8, 4) is 0 Å². The molecule has 1 aliphatic rings. The second-order valence-electron chi connectivity index (χ2n) is 7.16. The van der Waals surface area contributed by atoms with Gasteiger partial charge in [0.25, 0.3) is 0 Å². The van der Waals surface area contributed by atoms with Crippen molar-refractivity contribution in [2.75, 3.05) is 6.61 Å². The molecular formula is C20H36O4. The highest BCUT2D eigenvalue weighted by molar-refractivity contribution is 5.85. The molecule has 140 valence electrons. The highest BCUT2D eigenvalue weighted by atomic mass is 16.3. The van der Waals surface area contributed by atoms with E-state index in [1.807, 2.05) is 6.08 Å². The number of ketones is 1. The monoisotopic (exact) mass is 340 g/mol. The molecule has 0 spiro atoms. The van der Waals surface area contributed by atoms with E-state index in [2.05, 4.69) is 6.92 Å². The van der Waals surface area contributed by atoms with Gasteiger partial charge in [0, 0.05) is 18.9 Å². The van der Waals surface area contributed by atoms with Gasteiger partial charge < -0.3 is 15.3 Å². The van der Waals surface area contributed by atoms with E-state index in [1.54, 1.807) is 6.08 Å². The van der Waals surface area contributed by atoms with E-state index in [1.165, 1.54) is 0 Å². The molecule has 0 bridgehead atoms. The first-order chi connectivity index (χ1) is 11.6. The summed E-state index contributed by atoms with van der Waals surface area (Å²) in [4.78, 5) is 12.1. The van der Waals surface area contributed by atoms with Crippen LogP contribution in [0.5, 0.6) is 0 Å². The normalized spacial score (nSPS) is 25.7. The Kier molecular flexibility index (Phi) is 11.2. The minimum absolute atomic E-state index is 0.00515. The molecule has 24 heavy (non-hydrogen) atoms. The fraction of sp³-hybridized carbons (Fsp3) is 0.850. The SMILES string of the molecule is CCCCCC(O)/C=C/[C@H]1C(=O)CC(O)C1CCCCCCCO. The molecule has 0 aliphatic heterocycles. The Labute approximate surface area is 147 Å². The van der Waals surface area contributed by atoms with Crippen molar-refractivity contribution in [1.82, 2.24) is 0 Å². The number of unbranched alkanes of at least 4 members (excludes halogenated alkanes) is 6. The topological polar surface area (TPSA) is 77.8 Å². The van der Waals surface area contributed by atoms with Crippen LogP contribution in [0.15, 0.2) is 12.2 Å². The van der Waals surface area contributed by atoms with Crippen molar-refractivity contribution in [2.45, 2.75) is 89.8 Å². The largest absolute Gasteiger partial charge is 0.396 e. The van der Waals surface area contributed by atoms with Crippen LogP contribution in [0.2, 0.25) is 0 Å². The van der Waals surface area contributed by atoms with E-state index >= 15 is 0 Å². The van der Waals surface area contributed by atoms with Crippen LogP contribution >= 0.6 is 0 Å². The molecule has 4 atom stereocenters. The summed E-state index contributed by atoms with van der Waals surface area (Å²) >= 11 is 0. The lowest BCUT2D eigenvalue weighted by molar-refractivity contribution is -0.120. The van der Waals surface area contributed by atoms with Crippen molar-refractivity contribution in [3.05, 3.63) is 12.2 Å². The summed E-state index contributed by atoms with van der Waals surface area (Å²) in [7, 11) is 0. The maximum atomic E-state index is 12.1. The van der Waals surface area contributed by atoms with Gasteiger partial charge in [0.05, 0.1) is 12.2 Å². The molecule has 0 aromatic rings. The molecular weight excluding hydrogens is 304 g/mol. The maximum absolute atomic E-state index is 12.1. The van der Waals surface area contributed by atoms with Gasteiger partial charge in [0.15, 0.2) is 0 Å². The first-order valence-corrected chi connectivity index (χ1v) is 9.78. The minimum Gasteiger partial charge on any atom is -0.396 e. The number of carbonyl (C=O) groups is 1. The molecule has 1 saturated carbocycles. The molecule has 4 heteroatoms. The number of aliphatic hydroxyl groups excluding tert-OH is 3. The van der Waals surface area contributed by atoms with Crippen LogP contribution < -0.4 is 0 Å². The third kappa shape index (κ3) is 7.91. The fourth-order valence-electron chi connectivity index (χ4n) is 3.56. The van der Waals surface area contributed by atoms with Crippen molar-refractivity contribution in [2.24, 2.45) is 11.8 Å². The summed E-state index contributed by atoms with van der Waals surface area (Å²) < 4.78 is 0. The first-order valence-electron chi connectivity index (χ1n) is 9.78. The van der Waals surface area contributed by atoms with Crippen LogP contribution in [0.3, 0.4) is 0 Å². The molecule has 3 unspecified atom stereocenters. The second kappa shape index (κ2) is 12.6. The van der Waals surface area contributed by atoms with Crippen LogP contribution in [0, 0.1) is 11.8 Å². The number of rotatable bonds is 13. The number of allylic oxidation sites excluding steroid dienone is 1. The number of hydrogen-bond acceptors (Lipinski definition) is 4. The molecule has 0 amide bonds. The summed E-state index contributed by atoms with van der Waals surface area (Å²) in [6.07, 6.45) is 12.7. The molecule has 0 radical (unpaired) electrons. The average Bonchev–Trinajstić information content (AvgIpc) is 2.82. The van der Waals surface area contributed by atoms with Gasteiger partial charge in [-0.05, 0) is 25.2 Å². The third-order valence-electron chi connectivity index (χ3n) is 5.08. The van der Waals surface area contributed by atoms with Gasteiger partial charge in [-0.1, -0.05) is 64.0 Å². The summed E-state index contributed by atoms with van der Waals surface area (Å²) in [5, 5.41) is 28.9. The Morgan fingerprint density at radius 1 is 1.12 bits per heavy atom. The van der Waals surface area contributed by atoms with Crippen LogP contribution in [-0.4, -0.2) is 39.9 Å². The van der Waals surface area contributed by atoms with Gasteiger partial charge >= 0.3 is 0 Å². The van der Waals surface area contributed by atoms with Crippen LogP contribution in [-0.2, 0) is 4.79 Å². The third-order valence-corrected chi connectivity index (χ3v) is 5.08. The highest BCUT2D eigenvalue weighted by Gasteiger charge is 2.39. The van der Waals surface area contributed by atoms with Crippen molar-refractivity contribution in [3.63, 3.8) is 0 Å². The van der Waals surface area contributed by atoms with Crippen LogP contribution in [0.25, 0.3) is 0 Å². The zero-order valence-electron chi connectivity index (χ0n) is 15.2. The van der Waals surface area contributed by atoms with E-state index in [9.17, 15) is 15.0 Å². The maximum Gasteiger partial charge on any atom is 0.142 e. The van der Waals surface area contributed by atoms with E-state index in [4.69, 9.17) is 5.11 Å². The van der Waals surface area contributed by atoms with E-state index in [0.29, 0.717) is 0 Å². The Hall–Kier alpha value is -0.710. The molecule has 1 aliphatic carbocycles. The minimum atomic E-state index is -0.540. The Bertz CT molecular complexity index is 367. The summed E-state index contributed by atoms with van der Waals surface area (Å²) in [5.74, 6) is -0.141. The van der Waals surface area contributed by atoms with E-state index < -0.39 is 12.2 Å². The molecule has 0 aromatic carbocycles. The summed E-state index contributed by atoms with van der Waals surface area (Å²) in [6, 6.07) is 0. The number of carbonyl (C=O) groups excluding carboxylic acids is 1. The summed E-state index contributed by atoms with van der Waals surface area (Å²) in [6.45, 7) is 2.39. The fourth-order valence-corrected chi connectivity index (χ4v) is 3.56. The van der Waals surface area contributed by atoms with Gasteiger partial charge in [-0.3, -0.25) is 4.79 Å². The van der Waals surface area contributed by atoms with Crippen LogP contribution in [0.1, 0.15) is 77.6 Å². The molecule has 0 saturated heterocycles. The Morgan fingerprint density at radius 2 is 1.83 bits per heavy atom.